The monoisotopic (exact) mass is 389 g/mol. The molecule has 2 heterocycles. The molecule has 0 aromatic heterocycles. The van der Waals surface area contributed by atoms with E-state index in [0.29, 0.717) is 18.7 Å². The molecule has 4 amide bonds. The largest absolute Gasteiger partial charge is 0.322 e. The topological polar surface area (TPSA) is 86.8 Å². The lowest BCUT2D eigenvalue weighted by molar-refractivity contribution is -0.117. The van der Waals surface area contributed by atoms with E-state index in [1.165, 1.54) is 24.3 Å². The lowest BCUT2D eigenvalue weighted by Gasteiger charge is -2.16. The number of nitrogens with zero attached hydrogens (tertiary/aromatic N) is 2. The Labute approximate surface area is 167 Å². The quantitative estimate of drug-likeness (QED) is 0.629. The Kier molecular flexibility index (Phi) is 4.72. The van der Waals surface area contributed by atoms with Crippen LogP contribution in [0.3, 0.4) is 0 Å². The first-order valence-electron chi connectivity index (χ1n) is 9.32. The van der Waals surface area contributed by atoms with Crippen molar-refractivity contribution in [3.63, 3.8) is 0 Å². The maximum atomic E-state index is 12.7. The van der Waals surface area contributed by atoms with Crippen LogP contribution in [-0.2, 0) is 4.79 Å². The summed E-state index contributed by atoms with van der Waals surface area (Å²) in [4.78, 5) is 52.1. The molecule has 2 aromatic rings. The molecule has 0 aliphatic carbocycles. The molecular formula is C22H19N3O4. The number of anilines is 2. The fourth-order valence-corrected chi connectivity index (χ4v) is 3.60. The number of rotatable bonds is 5. The molecule has 1 fully saturated rings. The first-order chi connectivity index (χ1) is 14.0. The van der Waals surface area contributed by atoms with Gasteiger partial charge in [0, 0.05) is 36.4 Å². The fraction of sp³-hybridized carbons (Fsp3) is 0.182. The van der Waals surface area contributed by atoms with E-state index in [-0.39, 0.29) is 35.0 Å². The second-order valence-electron chi connectivity index (χ2n) is 6.92. The highest BCUT2D eigenvalue weighted by Gasteiger charge is 2.35. The Morgan fingerprint density at radius 1 is 1.07 bits per heavy atom. The predicted molar refractivity (Wildman–Crippen MR) is 108 cm³/mol. The Hall–Kier alpha value is -3.74. The lowest BCUT2D eigenvalue weighted by Crippen LogP contribution is -2.29. The van der Waals surface area contributed by atoms with E-state index in [2.05, 4.69) is 11.9 Å². The molecular weight excluding hydrogens is 370 g/mol. The van der Waals surface area contributed by atoms with Crippen LogP contribution in [0, 0.1) is 0 Å². The Morgan fingerprint density at radius 3 is 2.59 bits per heavy atom. The first kappa shape index (κ1) is 18.6. The summed E-state index contributed by atoms with van der Waals surface area (Å²) < 4.78 is 0. The van der Waals surface area contributed by atoms with Crippen molar-refractivity contribution in [3.05, 3.63) is 71.8 Å². The van der Waals surface area contributed by atoms with Gasteiger partial charge in [0.25, 0.3) is 17.7 Å². The van der Waals surface area contributed by atoms with Gasteiger partial charge in [-0.25, -0.2) is 0 Å². The maximum Gasteiger partial charge on any atom is 0.261 e. The number of nitrogens with one attached hydrogen (secondary N) is 1. The Morgan fingerprint density at radius 2 is 1.86 bits per heavy atom. The molecule has 1 saturated heterocycles. The van der Waals surface area contributed by atoms with Crippen molar-refractivity contribution >= 4 is 35.0 Å². The smallest absolute Gasteiger partial charge is 0.261 e. The van der Waals surface area contributed by atoms with Crippen molar-refractivity contribution in [1.82, 2.24) is 4.90 Å². The maximum absolute atomic E-state index is 12.7. The molecule has 1 N–H and O–H groups in total. The van der Waals surface area contributed by atoms with Crippen LogP contribution in [0.5, 0.6) is 0 Å². The fourth-order valence-electron chi connectivity index (χ4n) is 3.60. The summed E-state index contributed by atoms with van der Waals surface area (Å²) in [6.07, 6.45) is 2.83. The Balaban J connectivity index is 1.55. The van der Waals surface area contributed by atoms with Crippen molar-refractivity contribution in [3.8, 4) is 0 Å². The third kappa shape index (κ3) is 3.31. The van der Waals surface area contributed by atoms with E-state index in [1.54, 1.807) is 23.1 Å². The molecule has 2 aromatic carbocycles. The summed E-state index contributed by atoms with van der Waals surface area (Å²) in [5, 5.41) is 2.79. The normalized spacial score (nSPS) is 15.7. The zero-order valence-corrected chi connectivity index (χ0v) is 15.7. The second-order valence-corrected chi connectivity index (χ2v) is 6.92. The van der Waals surface area contributed by atoms with Gasteiger partial charge < -0.3 is 10.2 Å². The van der Waals surface area contributed by atoms with Crippen molar-refractivity contribution in [1.29, 1.82) is 0 Å². The average molecular weight is 389 g/mol. The van der Waals surface area contributed by atoms with Crippen molar-refractivity contribution in [2.24, 2.45) is 0 Å². The van der Waals surface area contributed by atoms with Gasteiger partial charge in [-0.15, -0.1) is 6.58 Å². The van der Waals surface area contributed by atoms with Crippen LogP contribution in [0.1, 0.15) is 43.9 Å². The third-order valence-corrected chi connectivity index (χ3v) is 5.03. The lowest BCUT2D eigenvalue weighted by atomic mass is 10.1. The number of carbonyl (C=O) groups is 4. The number of hydrogen-bond acceptors (Lipinski definition) is 4. The van der Waals surface area contributed by atoms with Gasteiger partial charge in [0.1, 0.15) is 0 Å². The van der Waals surface area contributed by atoms with Gasteiger partial charge in [0.05, 0.1) is 11.1 Å². The first-order valence-corrected chi connectivity index (χ1v) is 9.32. The van der Waals surface area contributed by atoms with E-state index in [1.807, 2.05) is 6.07 Å². The summed E-state index contributed by atoms with van der Waals surface area (Å²) in [6, 6.07) is 11.5. The second kappa shape index (κ2) is 7.35. The van der Waals surface area contributed by atoms with Crippen molar-refractivity contribution in [2.45, 2.75) is 12.8 Å². The third-order valence-electron chi connectivity index (χ3n) is 5.03. The summed E-state index contributed by atoms with van der Waals surface area (Å²) in [7, 11) is 0. The van der Waals surface area contributed by atoms with E-state index in [9.17, 15) is 19.2 Å². The molecule has 0 bridgehead atoms. The Bertz CT molecular complexity index is 1060. The zero-order valence-electron chi connectivity index (χ0n) is 15.7. The highest BCUT2D eigenvalue weighted by molar-refractivity contribution is 6.22. The number of imide groups is 1. The van der Waals surface area contributed by atoms with E-state index in [4.69, 9.17) is 0 Å². The number of amides is 4. The van der Waals surface area contributed by atoms with Gasteiger partial charge in [0.15, 0.2) is 0 Å². The molecule has 7 nitrogen and oxygen atoms in total. The number of carbonyl (C=O) groups excluding carboxylic acids is 4. The van der Waals surface area contributed by atoms with Crippen LogP contribution >= 0.6 is 0 Å². The van der Waals surface area contributed by atoms with Gasteiger partial charge in [-0.3, -0.25) is 24.1 Å². The summed E-state index contributed by atoms with van der Waals surface area (Å²) in [5.41, 5.74) is 2.04. The standard InChI is InChI=1S/C22H19N3O4/c1-2-10-25-21(28)17-9-8-14(12-18(17)22(25)29)20(27)23-15-5-3-6-16(13-15)24-11-4-7-19(24)26/h2-3,5-6,8-9,12-13H,1,4,7,10-11H2,(H,23,27). The van der Waals surface area contributed by atoms with E-state index in [0.717, 1.165) is 17.0 Å². The summed E-state index contributed by atoms with van der Waals surface area (Å²) in [5.74, 6) is -1.16. The zero-order chi connectivity index (χ0) is 20.5. The molecule has 0 radical (unpaired) electrons. The molecule has 29 heavy (non-hydrogen) atoms. The van der Waals surface area contributed by atoms with Crippen LogP contribution < -0.4 is 10.2 Å². The summed E-state index contributed by atoms with van der Waals surface area (Å²) in [6.45, 7) is 4.34. The molecule has 0 atom stereocenters. The predicted octanol–water partition coefficient (Wildman–Crippen LogP) is 2.85. The van der Waals surface area contributed by atoms with E-state index < -0.39 is 11.8 Å². The molecule has 4 rings (SSSR count). The highest BCUT2D eigenvalue weighted by Crippen LogP contribution is 2.26. The summed E-state index contributed by atoms with van der Waals surface area (Å²) >= 11 is 0. The van der Waals surface area contributed by atoms with Crippen LogP contribution in [0.4, 0.5) is 11.4 Å². The van der Waals surface area contributed by atoms with Crippen LogP contribution in [0.25, 0.3) is 0 Å². The van der Waals surface area contributed by atoms with Gasteiger partial charge in [-0.1, -0.05) is 12.1 Å². The molecule has 0 saturated carbocycles. The minimum atomic E-state index is -0.436. The number of benzene rings is 2. The molecule has 146 valence electrons. The van der Waals surface area contributed by atoms with Crippen molar-refractivity contribution in [2.75, 3.05) is 23.3 Å². The van der Waals surface area contributed by atoms with Gasteiger partial charge in [0.2, 0.25) is 5.91 Å². The van der Waals surface area contributed by atoms with Crippen molar-refractivity contribution < 1.29 is 19.2 Å². The van der Waals surface area contributed by atoms with Gasteiger partial charge in [-0.05, 0) is 42.8 Å². The number of hydrogen-bond donors (Lipinski definition) is 1. The molecule has 7 heteroatoms. The minimum Gasteiger partial charge on any atom is -0.322 e. The van der Waals surface area contributed by atoms with Crippen LogP contribution in [0.2, 0.25) is 0 Å². The van der Waals surface area contributed by atoms with Crippen LogP contribution in [-0.4, -0.2) is 41.6 Å². The highest BCUT2D eigenvalue weighted by atomic mass is 16.2. The molecule has 2 aliphatic rings. The van der Waals surface area contributed by atoms with Gasteiger partial charge >= 0.3 is 0 Å². The molecule has 2 aliphatic heterocycles. The van der Waals surface area contributed by atoms with Gasteiger partial charge in [-0.2, -0.15) is 0 Å². The SMILES string of the molecule is C=CCN1C(=O)c2ccc(C(=O)Nc3cccc(N4CCCC4=O)c3)cc2C1=O. The average Bonchev–Trinajstić information content (AvgIpc) is 3.25. The van der Waals surface area contributed by atoms with E-state index >= 15 is 0 Å². The molecule has 0 unspecified atom stereocenters. The number of fused-ring (bicyclic) bond motifs is 1. The molecule has 0 spiro atoms. The van der Waals surface area contributed by atoms with Crippen LogP contribution in [0.15, 0.2) is 55.1 Å². The minimum absolute atomic E-state index is 0.0688.